The lowest BCUT2D eigenvalue weighted by molar-refractivity contribution is 0.324. The van der Waals surface area contributed by atoms with Gasteiger partial charge >= 0.3 is 0 Å². The molecule has 0 aliphatic carbocycles. The Morgan fingerprint density at radius 1 is 0.862 bits per heavy atom. The highest BCUT2D eigenvalue weighted by Crippen LogP contribution is 2.39. The molecule has 0 radical (unpaired) electrons. The van der Waals surface area contributed by atoms with E-state index in [2.05, 4.69) is 10.1 Å². The molecule has 0 unspecified atom stereocenters. The number of hydrogen-bond acceptors (Lipinski definition) is 7. The monoisotopic (exact) mass is 413 g/mol. The third kappa shape index (κ3) is 3.97. The number of benzene rings is 2. The number of hydrogen-bond donors (Lipinski definition) is 0. The number of ether oxygens (including phenoxy) is 4. The molecule has 1 aromatic heterocycles. The number of methoxy groups -OCH3 is 4. The van der Waals surface area contributed by atoms with E-state index in [0.717, 1.165) is 27.4 Å². The molecule has 0 N–H and O–H groups in total. The Bertz CT molecular complexity index is 1090. The van der Waals surface area contributed by atoms with E-state index < -0.39 is 0 Å². The molecule has 2 aromatic carbocycles. The van der Waals surface area contributed by atoms with Gasteiger partial charge in [0, 0.05) is 23.6 Å². The van der Waals surface area contributed by atoms with Crippen LogP contribution in [0.4, 0.5) is 0 Å². The molecular weight excluding hydrogens is 390 g/mol. The highest BCUT2D eigenvalue weighted by Gasteiger charge is 2.16. The average molecular weight is 413 g/mol. The van der Waals surface area contributed by atoms with Gasteiger partial charge in [-0.05, 0) is 24.3 Å². The standard InChI is InChI=1S/C21H23N3O4S/c1-22-21-24(16(13-29-21)15-8-6-7-9-17(15)25-2)23-12-14-10-11-18(26-3)20(28-5)19(14)27-4/h6-13H,1-5H3. The number of para-hydroxylation sites is 1. The summed E-state index contributed by atoms with van der Waals surface area (Å²) < 4.78 is 23.6. The zero-order valence-electron chi connectivity index (χ0n) is 17.0. The summed E-state index contributed by atoms with van der Waals surface area (Å²) in [7, 11) is 8.13. The van der Waals surface area contributed by atoms with Gasteiger partial charge in [0.15, 0.2) is 11.5 Å². The number of nitrogens with zero attached hydrogens (tertiary/aromatic N) is 3. The fraction of sp³-hybridized carbons (Fsp3) is 0.238. The second-order valence-electron chi connectivity index (χ2n) is 5.81. The van der Waals surface area contributed by atoms with Crippen LogP contribution < -0.4 is 23.7 Å². The van der Waals surface area contributed by atoms with Crippen LogP contribution in [0.1, 0.15) is 5.56 Å². The van der Waals surface area contributed by atoms with Crippen LogP contribution in [0.5, 0.6) is 23.0 Å². The minimum atomic E-state index is 0.514. The van der Waals surface area contributed by atoms with Crippen LogP contribution in [0.15, 0.2) is 51.9 Å². The Morgan fingerprint density at radius 2 is 1.59 bits per heavy atom. The summed E-state index contributed by atoms with van der Waals surface area (Å²) in [5.74, 6) is 2.41. The summed E-state index contributed by atoms with van der Waals surface area (Å²) in [6.45, 7) is 0. The molecule has 0 aliphatic rings. The van der Waals surface area contributed by atoms with Gasteiger partial charge in [0.2, 0.25) is 10.6 Å². The van der Waals surface area contributed by atoms with Gasteiger partial charge < -0.3 is 18.9 Å². The molecule has 0 amide bonds. The molecule has 0 saturated carbocycles. The summed E-state index contributed by atoms with van der Waals surface area (Å²) in [6.07, 6.45) is 1.71. The first-order chi connectivity index (χ1) is 14.2. The lowest BCUT2D eigenvalue weighted by Gasteiger charge is -2.14. The largest absolute Gasteiger partial charge is 0.496 e. The van der Waals surface area contributed by atoms with Crippen molar-refractivity contribution in [1.82, 2.24) is 4.68 Å². The van der Waals surface area contributed by atoms with Crippen molar-refractivity contribution in [2.75, 3.05) is 35.5 Å². The minimum Gasteiger partial charge on any atom is -0.496 e. The third-order valence-corrected chi connectivity index (χ3v) is 5.21. The number of aromatic nitrogens is 1. The molecule has 0 aliphatic heterocycles. The number of thiazole rings is 1. The van der Waals surface area contributed by atoms with Crippen LogP contribution >= 0.6 is 11.3 Å². The molecule has 1 heterocycles. The van der Waals surface area contributed by atoms with Crippen molar-refractivity contribution in [1.29, 1.82) is 0 Å². The second kappa shape index (κ2) is 9.29. The van der Waals surface area contributed by atoms with E-state index in [-0.39, 0.29) is 0 Å². The fourth-order valence-corrected chi connectivity index (χ4v) is 3.74. The molecule has 0 atom stereocenters. The Morgan fingerprint density at radius 3 is 2.24 bits per heavy atom. The van der Waals surface area contributed by atoms with Gasteiger partial charge in [0.05, 0.1) is 40.3 Å². The first-order valence-electron chi connectivity index (χ1n) is 8.78. The zero-order valence-corrected chi connectivity index (χ0v) is 17.8. The Labute approximate surface area is 173 Å². The summed E-state index contributed by atoms with van der Waals surface area (Å²) >= 11 is 1.50. The summed E-state index contributed by atoms with van der Waals surface area (Å²) in [4.78, 5) is 5.09. The van der Waals surface area contributed by atoms with Gasteiger partial charge in [-0.1, -0.05) is 12.1 Å². The van der Waals surface area contributed by atoms with Crippen molar-refractivity contribution in [3.63, 3.8) is 0 Å². The summed E-state index contributed by atoms with van der Waals surface area (Å²) in [5.41, 5.74) is 2.55. The molecule has 7 nitrogen and oxygen atoms in total. The van der Waals surface area contributed by atoms with E-state index in [9.17, 15) is 0 Å². The molecule has 3 rings (SSSR count). The highest BCUT2D eigenvalue weighted by atomic mass is 32.1. The second-order valence-corrected chi connectivity index (χ2v) is 6.64. The van der Waals surface area contributed by atoms with Crippen molar-refractivity contribution < 1.29 is 18.9 Å². The van der Waals surface area contributed by atoms with Crippen molar-refractivity contribution in [3.8, 4) is 34.3 Å². The maximum atomic E-state index is 5.54. The van der Waals surface area contributed by atoms with Gasteiger partial charge in [-0.25, -0.2) is 4.68 Å². The molecule has 0 spiro atoms. The predicted molar refractivity (Wildman–Crippen MR) is 115 cm³/mol. The van der Waals surface area contributed by atoms with Gasteiger partial charge in [-0.3, -0.25) is 4.99 Å². The van der Waals surface area contributed by atoms with Crippen molar-refractivity contribution in [2.24, 2.45) is 10.1 Å². The Hall–Kier alpha value is -3.26. The Kier molecular flexibility index (Phi) is 6.56. The SMILES string of the molecule is CN=c1scc(-c2ccccc2OC)n1N=Cc1ccc(OC)c(OC)c1OC. The average Bonchev–Trinajstić information content (AvgIpc) is 3.19. The highest BCUT2D eigenvalue weighted by molar-refractivity contribution is 7.07. The first-order valence-corrected chi connectivity index (χ1v) is 9.66. The van der Waals surface area contributed by atoms with Gasteiger partial charge in [0.1, 0.15) is 5.75 Å². The molecule has 3 aromatic rings. The molecule has 152 valence electrons. The maximum Gasteiger partial charge on any atom is 0.205 e. The van der Waals surface area contributed by atoms with E-state index in [1.54, 1.807) is 46.4 Å². The van der Waals surface area contributed by atoms with Crippen LogP contribution in [0, 0.1) is 0 Å². The van der Waals surface area contributed by atoms with Crippen LogP contribution in [0.2, 0.25) is 0 Å². The van der Waals surface area contributed by atoms with Crippen LogP contribution in [-0.4, -0.2) is 46.4 Å². The zero-order chi connectivity index (χ0) is 20.8. The lowest BCUT2D eigenvalue weighted by atomic mass is 10.1. The van der Waals surface area contributed by atoms with E-state index in [0.29, 0.717) is 17.2 Å². The molecule has 29 heavy (non-hydrogen) atoms. The van der Waals surface area contributed by atoms with Gasteiger partial charge in [-0.15, -0.1) is 11.3 Å². The van der Waals surface area contributed by atoms with E-state index >= 15 is 0 Å². The fourth-order valence-electron chi connectivity index (χ4n) is 2.95. The number of rotatable bonds is 7. The minimum absolute atomic E-state index is 0.514. The quantitative estimate of drug-likeness (QED) is 0.555. The summed E-state index contributed by atoms with van der Waals surface area (Å²) in [5, 5.41) is 6.68. The van der Waals surface area contributed by atoms with Crippen molar-refractivity contribution in [3.05, 3.63) is 52.1 Å². The van der Waals surface area contributed by atoms with Crippen LogP contribution in [0.25, 0.3) is 11.3 Å². The molecule has 0 fully saturated rings. The predicted octanol–water partition coefficient (Wildman–Crippen LogP) is 3.66. The summed E-state index contributed by atoms with van der Waals surface area (Å²) in [6, 6.07) is 11.5. The topological polar surface area (TPSA) is 66.6 Å². The van der Waals surface area contributed by atoms with Gasteiger partial charge in [0.25, 0.3) is 0 Å². The molecule has 0 bridgehead atoms. The Balaban J connectivity index is 2.12. The maximum absolute atomic E-state index is 5.54. The van der Waals surface area contributed by atoms with E-state index in [1.165, 1.54) is 11.3 Å². The van der Waals surface area contributed by atoms with Gasteiger partial charge in [-0.2, -0.15) is 5.10 Å². The van der Waals surface area contributed by atoms with Crippen molar-refractivity contribution >= 4 is 17.6 Å². The van der Waals surface area contributed by atoms with E-state index in [1.807, 2.05) is 41.8 Å². The third-order valence-electron chi connectivity index (χ3n) is 4.31. The first kappa shape index (κ1) is 20.5. The normalized spacial score (nSPS) is 11.7. The van der Waals surface area contributed by atoms with Crippen molar-refractivity contribution in [2.45, 2.75) is 0 Å². The molecule has 8 heteroatoms. The van der Waals surface area contributed by atoms with E-state index in [4.69, 9.17) is 18.9 Å². The van der Waals surface area contributed by atoms with Crippen LogP contribution in [0.3, 0.4) is 0 Å². The smallest absolute Gasteiger partial charge is 0.205 e. The van der Waals surface area contributed by atoms with Crippen LogP contribution in [-0.2, 0) is 0 Å². The molecular formula is C21H23N3O4S. The lowest BCUT2D eigenvalue weighted by Crippen LogP contribution is -2.12. The molecule has 0 saturated heterocycles.